The number of aliphatic hydroxyl groups excluding tert-OH is 1. The summed E-state index contributed by atoms with van der Waals surface area (Å²) < 4.78 is 0. The van der Waals surface area contributed by atoms with Crippen molar-refractivity contribution >= 4 is 17.8 Å². The van der Waals surface area contributed by atoms with E-state index in [0.717, 1.165) is 32.6 Å². The van der Waals surface area contributed by atoms with Gasteiger partial charge in [-0.2, -0.15) is 15.0 Å². The predicted octanol–water partition coefficient (Wildman–Crippen LogP) is 0.874. The second-order valence-corrected chi connectivity index (χ2v) is 6.69. The highest BCUT2D eigenvalue weighted by atomic mass is 16.3. The van der Waals surface area contributed by atoms with Gasteiger partial charge in [-0.1, -0.05) is 6.92 Å². The number of anilines is 3. The van der Waals surface area contributed by atoms with Crippen LogP contribution in [0.4, 0.5) is 17.8 Å². The van der Waals surface area contributed by atoms with Crippen molar-refractivity contribution in [1.82, 2.24) is 19.9 Å². The maximum Gasteiger partial charge on any atom is 0.231 e. The molecule has 136 valence electrons. The fourth-order valence-corrected chi connectivity index (χ4v) is 2.81. The molecule has 1 atom stereocenters. The van der Waals surface area contributed by atoms with E-state index in [1.807, 2.05) is 0 Å². The highest BCUT2D eigenvalue weighted by Gasteiger charge is 2.26. The Morgan fingerprint density at radius 3 is 2.71 bits per heavy atom. The first-order valence-electron chi connectivity index (χ1n) is 8.82. The number of aromatic nitrogens is 3. The average molecular weight is 337 g/mol. The molecule has 0 aliphatic carbocycles. The molecule has 1 aliphatic rings. The predicted molar refractivity (Wildman–Crippen MR) is 97.7 cm³/mol. The minimum Gasteiger partial charge on any atom is -0.395 e. The first-order chi connectivity index (χ1) is 11.5. The van der Waals surface area contributed by atoms with Crippen LogP contribution in [-0.2, 0) is 0 Å². The van der Waals surface area contributed by atoms with Crippen LogP contribution in [-0.4, -0.2) is 77.4 Å². The van der Waals surface area contributed by atoms with E-state index in [0.29, 0.717) is 30.3 Å². The highest BCUT2D eigenvalue weighted by Crippen LogP contribution is 2.23. The summed E-state index contributed by atoms with van der Waals surface area (Å²) >= 11 is 0. The lowest BCUT2D eigenvalue weighted by Gasteiger charge is -2.21. The molecule has 1 fully saturated rings. The smallest absolute Gasteiger partial charge is 0.231 e. The van der Waals surface area contributed by atoms with Crippen molar-refractivity contribution in [1.29, 1.82) is 0 Å². The molecule has 2 rings (SSSR count). The van der Waals surface area contributed by atoms with Gasteiger partial charge in [0.05, 0.1) is 6.61 Å². The molecule has 1 unspecified atom stereocenters. The lowest BCUT2D eigenvalue weighted by Crippen LogP contribution is -2.29. The van der Waals surface area contributed by atoms with Crippen LogP contribution in [0.1, 0.15) is 27.2 Å². The zero-order chi connectivity index (χ0) is 17.5. The molecule has 1 saturated heterocycles. The minimum absolute atomic E-state index is 0.0447. The Kier molecular flexibility index (Phi) is 6.99. The summed E-state index contributed by atoms with van der Waals surface area (Å²) in [5.74, 6) is 2.42. The van der Waals surface area contributed by atoms with Crippen LogP contribution < -0.4 is 15.5 Å². The van der Waals surface area contributed by atoms with E-state index in [2.05, 4.69) is 63.2 Å². The summed E-state index contributed by atoms with van der Waals surface area (Å²) in [5, 5.41) is 15.3. The van der Waals surface area contributed by atoms with Crippen molar-refractivity contribution in [3.05, 3.63) is 0 Å². The van der Waals surface area contributed by atoms with Crippen molar-refractivity contribution in [3.8, 4) is 0 Å². The third-order valence-corrected chi connectivity index (χ3v) is 4.11. The first-order valence-corrected chi connectivity index (χ1v) is 8.82. The third kappa shape index (κ3) is 5.45. The van der Waals surface area contributed by atoms with E-state index in [-0.39, 0.29) is 12.6 Å². The molecule has 24 heavy (non-hydrogen) atoms. The molecule has 0 amide bonds. The van der Waals surface area contributed by atoms with Gasteiger partial charge in [0, 0.05) is 32.2 Å². The van der Waals surface area contributed by atoms with Crippen molar-refractivity contribution in [2.24, 2.45) is 5.92 Å². The Morgan fingerprint density at radius 1 is 1.29 bits per heavy atom. The maximum atomic E-state index is 9.00. The number of hydrogen-bond acceptors (Lipinski definition) is 8. The van der Waals surface area contributed by atoms with Gasteiger partial charge in [0.1, 0.15) is 0 Å². The highest BCUT2D eigenvalue weighted by molar-refractivity contribution is 5.44. The lowest BCUT2D eigenvalue weighted by atomic mass is 10.1. The lowest BCUT2D eigenvalue weighted by molar-refractivity contribution is 0.300. The number of aliphatic hydroxyl groups is 1. The number of nitrogens with zero attached hydrogens (tertiary/aromatic N) is 5. The van der Waals surface area contributed by atoms with E-state index in [4.69, 9.17) is 5.11 Å². The molecule has 8 heteroatoms. The summed E-state index contributed by atoms with van der Waals surface area (Å²) in [6.45, 7) is 10.9. The monoisotopic (exact) mass is 337 g/mol. The van der Waals surface area contributed by atoms with Gasteiger partial charge >= 0.3 is 0 Å². The molecular formula is C16H31N7O. The molecule has 1 aromatic heterocycles. The van der Waals surface area contributed by atoms with E-state index in [1.165, 1.54) is 0 Å². The fraction of sp³-hybridized carbons (Fsp3) is 0.812. The summed E-state index contributed by atoms with van der Waals surface area (Å²) in [5.41, 5.74) is 0. The van der Waals surface area contributed by atoms with Crippen LogP contribution in [0.2, 0.25) is 0 Å². The van der Waals surface area contributed by atoms with Crippen LogP contribution in [0, 0.1) is 5.92 Å². The molecule has 2 heterocycles. The maximum absolute atomic E-state index is 9.00. The molecule has 0 bridgehead atoms. The fourth-order valence-electron chi connectivity index (χ4n) is 2.81. The van der Waals surface area contributed by atoms with E-state index < -0.39 is 0 Å². The molecule has 0 spiro atoms. The number of rotatable bonds is 9. The van der Waals surface area contributed by atoms with Gasteiger partial charge in [-0.15, -0.1) is 0 Å². The SMILES string of the molecule is CCN(C)CC1CCN(c2nc(NCCO)nc(NC(C)C)n2)C1. The number of nitrogens with one attached hydrogen (secondary N) is 2. The van der Waals surface area contributed by atoms with Crippen LogP contribution in [0.15, 0.2) is 0 Å². The van der Waals surface area contributed by atoms with Gasteiger partial charge in [0.25, 0.3) is 0 Å². The second kappa shape index (κ2) is 8.98. The van der Waals surface area contributed by atoms with E-state index >= 15 is 0 Å². The van der Waals surface area contributed by atoms with Crippen LogP contribution >= 0.6 is 0 Å². The molecule has 1 aromatic rings. The Balaban J connectivity index is 2.10. The molecular weight excluding hydrogens is 306 g/mol. The van der Waals surface area contributed by atoms with Gasteiger partial charge in [-0.25, -0.2) is 0 Å². The van der Waals surface area contributed by atoms with E-state index in [9.17, 15) is 0 Å². The molecule has 8 nitrogen and oxygen atoms in total. The Labute approximate surface area is 144 Å². The summed E-state index contributed by atoms with van der Waals surface area (Å²) in [7, 11) is 2.16. The second-order valence-electron chi connectivity index (χ2n) is 6.69. The van der Waals surface area contributed by atoms with Crippen LogP contribution in [0.5, 0.6) is 0 Å². The molecule has 1 aliphatic heterocycles. The Hall–Kier alpha value is -1.67. The van der Waals surface area contributed by atoms with Crippen molar-refractivity contribution in [2.45, 2.75) is 33.2 Å². The number of hydrogen-bond donors (Lipinski definition) is 3. The molecule has 3 N–H and O–H groups in total. The normalized spacial score (nSPS) is 17.8. The van der Waals surface area contributed by atoms with Gasteiger partial charge in [0.2, 0.25) is 17.8 Å². The topological polar surface area (TPSA) is 89.4 Å². The van der Waals surface area contributed by atoms with Crippen molar-refractivity contribution in [3.63, 3.8) is 0 Å². The molecule has 0 saturated carbocycles. The molecule has 0 radical (unpaired) electrons. The Bertz CT molecular complexity index is 511. The van der Waals surface area contributed by atoms with Gasteiger partial charge in [-0.05, 0) is 39.8 Å². The van der Waals surface area contributed by atoms with Crippen LogP contribution in [0.3, 0.4) is 0 Å². The molecule has 0 aromatic carbocycles. The van der Waals surface area contributed by atoms with Crippen molar-refractivity contribution < 1.29 is 5.11 Å². The minimum atomic E-state index is 0.0447. The summed E-state index contributed by atoms with van der Waals surface area (Å²) in [4.78, 5) is 18.0. The first kappa shape index (κ1) is 18.7. The van der Waals surface area contributed by atoms with Gasteiger partial charge in [0.15, 0.2) is 0 Å². The summed E-state index contributed by atoms with van der Waals surface area (Å²) in [6, 6.07) is 0.246. The van der Waals surface area contributed by atoms with Gasteiger partial charge < -0.3 is 25.5 Å². The Morgan fingerprint density at radius 2 is 2.04 bits per heavy atom. The van der Waals surface area contributed by atoms with Crippen LogP contribution in [0.25, 0.3) is 0 Å². The standard InChI is InChI=1S/C16H31N7O/c1-5-22(4)10-13-6-8-23(11-13)16-20-14(17-7-9-24)19-15(21-16)18-12(2)3/h12-13,24H,5-11H2,1-4H3,(H2,17,18,19,20,21). The van der Waals surface area contributed by atoms with Gasteiger partial charge in [-0.3, -0.25) is 0 Å². The summed E-state index contributed by atoms with van der Waals surface area (Å²) in [6.07, 6.45) is 1.16. The largest absolute Gasteiger partial charge is 0.395 e. The average Bonchev–Trinajstić information content (AvgIpc) is 3.00. The van der Waals surface area contributed by atoms with Crippen molar-refractivity contribution in [2.75, 3.05) is 61.9 Å². The zero-order valence-corrected chi connectivity index (χ0v) is 15.3. The quantitative estimate of drug-likeness (QED) is 0.612. The third-order valence-electron chi connectivity index (χ3n) is 4.11. The zero-order valence-electron chi connectivity index (χ0n) is 15.3. The van der Waals surface area contributed by atoms with E-state index in [1.54, 1.807) is 0 Å².